The van der Waals surface area contributed by atoms with Crippen molar-refractivity contribution in [3.8, 4) is 28.1 Å². The van der Waals surface area contributed by atoms with E-state index >= 15 is 0 Å². The summed E-state index contributed by atoms with van der Waals surface area (Å²) in [4.78, 5) is 25.7. The van der Waals surface area contributed by atoms with Gasteiger partial charge in [0.2, 0.25) is 5.91 Å². The van der Waals surface area contributed by atoms with Gasteiger partial charge in [0.25, 0.3) is 0 Å². The molecule has 3 aromatic carbocycles. The number of ether oxygens (including phenoxy) is 2. The van der Waals surface area contributed by atoms with Crippen molar-refractivity contribution >= 4 is 17.6 Å². The first-order valence-corrected chi connectivity index (χ1v) is 16.8. The number of carbonyl (C=O) groups excluding carboxylic acids is 1. The molecule has 49 heavy (non-hydrogen) atoms. The van der Waals surface area contributed by atoms with Gasteiger partial charge >= 0.3 is 12.3 Å². The molecule has 1 amide bonds. The van der Waals surface area contributed by atoms with Gasteiger partial charge in [0.15, 0.2) is 0 Å². The number of para-hydroxylation sites is 1. The van der Waals surface area contributed by atoms with Crippen molar-refractivity contribution in [1.29, 1.82) is 0 Å². The molecule has 5 fully saturated rings. The van der Waals surface area contributed by atoms with Crippen LogP contribution >= 0.6 is 0 Å². The fourth-order valence-electron chi connectivity index (χ4n) is 9.66. The minimum absolute atomic E-state index is 0.0531. The first-order valence-electron chi connectivity index (χ1n) is 16.8. The van der Waals surface area contributed by atoms with Gasteiger partial charge in [-0.05, 0) is 103 Å². The zero-order chi connectivity index (χ0) is 33.7. The van der Waals surface area contributed by atoms with Gasteiger partial charge in [-0.3, -0.25) is 4.79 Å². The quantitative estimate of drug-likeness (QED) is 0.174. The lowest BCUT2D eigenvalue weighted by molar-refractivity contribution is -0.274. The minimum Gasteiger partial charge on any atom is -0.478 e. The van der Waals surface area contributed by atoms with Crippen LogP contribution in [-0.4, -0.2) is 34.6 Å². The number of hydrogen-bond donors (Lipinski definition) is 2. The van der Waals surface area contributed by atoms with E-state index in [2.05, 4.69) is 15.2 Å². The Morgan fingerprint density at radius 2 is 1.76 bits per heavy atom. The van der Waals surface area contributed by atoms with Crippen LogP contribution < -0.4 is 10.1 Å². The topological polar surface area (TPSA) is 111 Å². The lowest BCUT2D eigenvalue weighted by Crippen LogP contribution is -2.48. The van der Waals surface area contributed by atoms with Gasteiger partial charge in [-0.2, -0.15) is 0 Å². The number of alkyl halides is 3. The number of carboxylic acids is 1. The van der Waals surface area contributed by atoms with Crippen molar-refractivity contribution in [1.82, 2.24) is 5.16 Å². The van der Waals surface area contributed by atoms with Crippen molar-refractivity contribution in [3.05, 3.63) is 89.7 Å². The maximum atomic E-state index is 13.7. The summed E-state index contributed by atoms with van der Waals surface area (Å²) in [7, 11) is 0. The monoisotopic (exact) mass is 670 g/mol. The van der Waals surface area contributed by atoms with Crippen LogP contribution in [0.1, 0.15) is 66.1 Å². The molecule has 1 aromatic heterocycles. The molecule has 1 heterocycles. The molecule has 8 nitrogen and oxygen atoms in total. The standard InChI is InChI=1S/C38H33F3N2O6/c39-38(40,41)48-29-9-5-4-8-26(29)31-28(32(49-43-31)21-10-11-21)19-47-24-16-22-14-15-36(22)33-30(37(33,36)18-24)34(44)42-23-12-13-25(35(45)46)27(17-23)20-6-2-1-3-7-20/h1-9,12-13,17,21-22,24,30,33H,10-11,14-16,18-19H2,(H,42,44)(H,45,46). The molecule has 4 aromatic rings. The number of anilines is 1. The highest BCUT2D eigenvalue weighted by Crippen LogP contribution is 3.01. The van der Waals surface area contributed by atoms with Crippen LogP contribution in [0.25, 0.3) is 22.4 Å². The van der Waals surface area contributed by atoms with Crippen LogP contribution in [0.4, 0.5) is 18.9 Å². The third kappa shape index (κ3) is 4.72. The Hall–Kier alpha value is -4.64. The van der Waals surface area contributed by atoms with E-state index in [-0.39, 0.29) is 58.2 Å². The van der Waals surface area contributed by atoms with E-state index in [0.29, 0.717) is 40.1 Å². The number of rotatable bonds is 10. The number of benzene rings is 3. The van der Waals surface area contributed by atoms with Gasteiger partial charge in [-0.25, -0.2) is 4.79 Å². The Morgan fingerprint density at radius 3 is 2.47 bits per heavy atom. The summed E-state index contributed by atoms with van der Waals surface area (Å²) in [5.41, 5.74) is 3.25. The summed E-state index contributed by atoms with van der Waals surface area (Å²) >= 11 is 0. The molecule has 5 saturated carbocycles. The summed E-state index contributed by atoms with van der Waals surface area (Å²) in [5, 5.41) is 17.1. The Bertz CT molecular complexity index is 1990. The van der Waals surface area contributed by atoms with Crippen LogP contribution in [-0.2, 0) is 16.1 Å². The average molecular weight is 671 g/mol. The summed E-state index contributed by atoms with van der Waals surface area (Å²) in [6, 6.07) is 20.1. The zero-order valence-electron chi connectivity index (χ0n) is 26.3. The van der Waals surface area contributed by atoms with Crippen molar-refractivity contribution in [2.24, 2.45) is 28.6 Å². The van der Waals surface area contributed by atoms with Gasteiger partial charge in [0, 0.05) is 28.7 Å². The molecule has 0 bridgehead atoms. The van der Waals surface area contributed by atoms with Gasteiger partial charge < -0.3 is 24.4 Å². The average Bonchev–Trinajstić information content (AvgIpc) is 4.01. The molecule has 0 radical (unpaired) electrons. The van der Waals surface area contributed by atoms with Gasteiger partial charge in [0.05, 0.1) is 18.3 Å². The maximum Gasteiger partial charge on any atom is 0.573 e. The predicted octanol–water partition coefficient (Wildman–Crippen LogP) is 8.44. The predicted molar refractivity (Wildman–Crippen MR) is 170 cm³/mol. The fraction of sp³-hybridized carbons (Fsp3) is 0.395. The molecule has 5 aliphatic carbocycles. The molecule has 2 N–H and O–H groups in total. The third-order valence-corrected chi connectivity index (χ3v) is 11.9. The smallest absolute Gasteiger partial charge is 0.478 e. The van der Waals surface area contributed by atoms with E-state index in [1.54, 1.807) is 24.3 Å². The first-order chi connectivity index (χ1) is 23.6. The molecule has 6 atom stereocenters. The molecular weight excluding hydrogens is 637 g/mol. The number of carboxylic acid groups (broad SMARTS) is 1. The van der Waals surface area contributed by atoms with Crippen molar-refractivity contribution in [3.63, 3.8) is 0 Å². The summed E-state index contributed by atoms with van der Waals surface area (Å²) < 4.78 is 56.3. The highest BCUT2D eigenvalue weighted by Gasteiger charge is 2.99. The number of hydrogen-bond acceptors (Lipinski definition) is 6. The normalized spacial score (nSPS) is 29.1. The lowest BCUT2D eigenvalue weighted by atomic mass is 9.54. The Labute approximate surface area is 279 Å². The highest BCUT2D eigenvalue weighted by molar-refractivity contribution is 6.01. The largest absolute Gasteiger partial charge is 0.573 e. The molecule has 2 spiro atoms. The third-order valence-electron chi connectivity index (χ3n) is 11.9. The van der Waals surface area contributed by atoms with E-state index in [1.807, 2.05) is 30.3 Å². The van der Waals surface area contributed by atoms with E-state index in [9.17, 15) is 27.9 Å². The van der Waals surface area contributed by atoms with Crippen molar-refractivity contribution in [2.75, 3.05) is 5.32 Å². The number of halogens is 3. The van der Waals surface area contributed by atoms with Gasteiger partial charge in [-0.1, -0.05) is 47.6 Å². The second-order valence-corrected chi connectivity index (χ2v) is 14.3. The molecule has 5 aliphatic rings. The number of aromatic nitrogens is 1. The van der Waals surface area contributed by atoms with E-state index in [0.717, 1.165) is 44.1 Å². The highest BCUT2D eigenvalue weighted by atomic mass is 19.4. The maximum absolute atomic E-state index is 13.7. The van der Waals surface area contributed by atoms with E-state index < -0.39 is 12.3 Å². The van der Waals surface area contributed by atoms with Crippen LogP contribution in [0.3, 0.4) is 0 Å². The summed E-state index contributed by atoms with van der Waals surface area (Å²) in [5.74, 6) is 0.0276. The number of aromatic carboxylic acids is 1. The number of nitrogens with zero attached hydrogens (tertiary/aromatic N) is 1. The Kier molecular flexibility index (Phi) is 6.63. The van der Waals surface area contributed by atoms with Crippen LogP contribution in [0.5, 0.6) is 5.75 Å². The molecule has 252 valence electrons. The molecular formula is C38H33F3N2O6. The summed E-state index contributed by atoms with van der Waals surface area (Å²) in [6.07, 6.45) is 0.709. The molecule has 0 saturated heterocycles. The molecule has 11 heteroatoms. The molecule has 0 aliphatic heterocycles. The van der Waals surface area contributed by atoms with Crippen molar-refractivity contribution < 1.29 is 41.9 Å². The van der Waals surface area contributed by atoms with Gasteiger partial charge in [0.1, 0.15) is 17.2 Å². The van der Waals surface area contributed by atoms with E-state index in [4.69, 9.17) is 9.26 Å². The minimum atomic E-state index is -4.85. The fourth-order valence-corrected chi connectivity index (χ4v) is 9.66. The SMILES string of the molecule is O=C(O)c1ccc(NC(=O)C2C3C45CCC4CC(OCc4c(-c6ccccc6OC(F)(F)F)noc4C4CC4)CC235)cc1-c1ccccc1. The van der Waals surface area contributed by atoms with Crippen LogP contribution in [0.15, 0.2) is 77.3 Å². The van der Waals surface area contributed by atoms with Crippen LogP contribution in [0.2, 0.25) is 0 Å². The second kappa shape index (κ2) is 10.7. The number of amides is 1. The molecule has 6 unspecified atom stereocenters. The number of carbonyl (C=O) groups is 2. The summed E-state index contributed by atoms with van der Waals surface area (Å²) in [6.45, 7) is 0.144. The zero-order valence-corrected chi connectivity index (χ0v) is 26.3. The Balaban J connectivity index is 0.928. The van der Waals surface area contributed by atoms with Crippen molar-refractivity contribution in [2.45, 2.75) is 63.5 Å². The lowest BCUT2D eigenvalue weighted by Gasteiger charge is -2.52. The Morgan fingerprint density at radius 1 is 0.980 bits per heavy atom. The van der Waals surface area contributed by atoms with E-state index in [1.165, 1.54) is 18.2 Å². The second-order valence-electron chi connectivity index (χ2n) is 14.3. The van der Waals surface area contributed by atoms with Crippen LogP contribution in [0, 0.1) is 28.6 Å². The van der Waals surface area contributed by atoms with Gasteiger partial charge in [-0.15, -0.1) is 13.2 Å². The molecule has 9 rings (SSSR count). The number of nitrogens with one attached hydrogen (secondary N) is 1. The first kappa shape index (κ1) is 30.4.